The van der Waals surface area contributed by atoms with Crippen molar-refractivity contribution in [3.05, 3.63) is 59.9 Å². The van der Waals surface area contributed by atoms with Crippen molar-refractivity contribution in [2.45, 2.75) is 19.4 Å². The summed E-state index contributed by atoms with van der Waals surface area (Å²) in [4.78, 5) is 22.1. The van der Waals surface area contributed by atoms with Gasteiger partial charge in [0.05, 0.1) is 0 Å². The topological polar surface area (TPSA) is 72.2 Å². The SMILES string of the molecule is NC(=O)CCC(=O)NCc1ccc(-c2cccc(F)c2)cc1. The molecule has 0 saturated heterocycles. The van der Waals surface area contributed by atoms with Gasteiger partial charge in [-0.15, -0.1) is 0 Å². The number of nitrogens with two attached hydrogens (primary N) is 1. The molecule has 0 heterocycles. The highest BCUT2D eigenvalue weighted by atomic mass is 19.1. The minimum absolute atomic E-state index is 0.0460. The number of rotatable bonds is 6. The van der Waals surface area contributed by atoms with E-state index in [1.54, 1.807) is 6.07 Å². The fourth-order valence-corrected chi connectivity index (χ4v) is 2.01. The van der Waals surface area contributed by atoms with Gasteiger partial charge in [-0.1, -0.05) is 36.4 Å². The highest BCUT2D eigenvalue weighted by Crippen LogP contribution is 2.20. The average Bonchev–Trinajstić information content (AvgIpc) is 2.51. The number of halogens is 1. The van der Waals surface area contributed by atoms with E-state index in [1.807, 2.05) is 30.3 Å². The molecule has 0 unspecified atom stereocenters. The van der Waals surface area contributed by atoms with Crippen LogP contribution in [0, 0.1) is 5.82 Å². The molecule has 2 aromatic rings. The van der Waals surface area contributed by atoms with Crippen LogP contribution in [0.5, 0.6) is 0 Å². The van der Waals surface area contributed by atoms with Gasteiger partial charge in [0.25, 0.3) is 0 Å². The van der Waals surface area contributed by atoms with Gasteiger partial charge in [-0.2, -0.15) is 0 Å². The Labute approximate surface area is 128 Å². The molecule has 0 atom stereocenters. The monoisotopic (exact) mass is 300 g/mol. The van der Waals surface area contributed by atoms with Crippen molar-refractivity contribution < 1.29 is 14.0 Å². The molecule has 0 saturated carbocycles. The Balaban J connectivity index is 1.92. The van der Waals surface area contributed by atoms with Crippen LogP contribution in [-0.2, 0) is 16.1 Å². The van der Waals surface area contributed by atoms with E-state index >= 15 is 0 Å². The molecule has 2 aromatic carbocycles. The van der Waals surface area contributed by atoms with Gasteiger partial charge in [0.1, 0.15) is 5.82 Å². The second-order valence-corrected chi connectivity index (χ2v) is 4.95. The summed E-state index contributed by atoms with van der Waals surface area (Å²) >= 11 is 0. The van der Waals surface area contributed by atoms with Crippen LogP contribution >= 0.6 is 0 Å². The summed E-state index contributed by atoms with van der Waals surface area (Å²) in [5.74, 6) is -0.981. The molecule has 114 valence electrons. The minimum Gasteiger partial charge on any atom is -0.370 e. The molecular formula is C17H17FN2O2. The lowest BCUT2D eigenvalue weighted by Crippen LogP contribution is -2.24. The second kappa shape index (κ2) is 7.36. The van der Waals surface area contributed by atoms with Gasteiger partial charge in [0, 0.05) is 19.4 Å². The molecule has 0 aliphatic rings. The number of nitrogens with one attached hydrogen (secondary N) is 1. The van der Waals surface area contributed by atoms with Gasteiger partial charge in [-0.3, -0.25) is 9.59 Å². The van der Waals surface area contributed by atoms with Crippen LogP contribution in [0.2, 0.25) is 0 Å². The molecule has 3 N–H and O–H groups in total. The molecule has 5 heteroatoms. The lowest BCUT2D eigenvalue weighted by Gasteiger charge is -2.06. The van der Waals surface area contributed by atoms with Crippen molar-refractivity contribution >= 4 is 11.8 Å². The zero-order valence-corrected chi connectivity index (χ0v) is 12.0. The van der Waals surface area contributed by atoms with Crippen molar-refractivity contribution in [3.63, 3.8) is 0 Å². The normalized spacial score (nSPS) is 10.2. The molecule has 0 spiro atoms. The highest BCUT2D eigenvalue weighted by Gasteiger charge is 2.04. The number of amides is 2. The van der Waals surface area contributed by atoms with E-state index in [2.05, 4.69) is 5.32 Å². The summed E-state index contributed by atoms with van der Waals surface area (Å²) in [6.45, 7) is 0.376. The summed E-state index contributed by atoms with van der Waals surface area (Å²) < 4.78 is 13.2. The number of hydrogen-bond acceptors (Lipinski definition) is 2. The molecule has 2 amide bonds. The number of carbonyl (C=O) groups is 2. The summed E-state index contributed by atoms with van der Waals surface area (Å²) in [5, 5.41) is 2.72. The van der Waals surface area contributed by atoms with Gasteiger partial charge in [-0.25, -0.2) is 4.39 Å². The van der Waals surface area contributed by atoms with Crippen molar-refractivity contribution in [2.75, 3.05) is 0 Å². The first-order valence-corrected chi connectivity index (χ1v) is 6.94. The molecule has 0 aliphatic heterocycles. The van der Waals surface area contributed by atoms with E-state index < -0.39 is 5.91 Å². The fourth-order valence-electron chi connectivity index (χ4n) is 2.01. The molecule has 0 radical (unpaired) electrons. The Bertz CT molecular complexity index is 669. The summed E-state index contributed by atoms with van der Waals surface area (Å²) in [7, 11) is 0. The zero-order valence-electron chi connectivity index (χ0n) is 12.0. The summed E-state index contributed by atoms with van der Waals surface area (Å²) in [5.41, 5.74) is 7.62. The highest BCUT2D eigenvalue weighted by molar-refractivity contribution is 5.82. The summed E-state index contributed by atoms with van der Waals surface area (Å²) in [6.07, 6.45) is 0.140. The molecule has 0 fully saturated rings. The largest absolute Gasteiger partial charge is 0.370 e. The smallest absolute Gasteiger partial charge is 0.220 e. The van der Waals surface area contributed by atoms with Crippen LogP contribution in [0.15, 0.2) is 48.5 Å². The maximum Gasteiger partial charge on any atom is 0.220 e. The predicted molar refractivity (Wildman–Crippen MR) is 82.1 cm³/mol. The van der Waals surface area contributed by atoms with Crippen molar-refractivity contribution in [3.8, 4) is 11.1 Å². The first-order valence-electron chi connectivity index (χ1n) is 6.94. The predicted octanol–water partition coefficient (Wildman–Crippen LogP) is 2.37. The van der Waals surface area contributed by atoms with Gasteiger partial charge >= 0.3 is 0 Å². The minimum atomic E-state index is -0.491. The molecule has 0 aromatic heterocycles. The molecule has 4 nitrogen and oxygen atoms in total. The molecular weight excluding hydrogens is 283 g/mol. The second-order valence-electron chi connectivity index (χ2n) is 4.95. The number of hydrogen-bond donors (Lipinski definition) is 2. The number of primary amides is 1. The Morgan fingerprint density at radius 2 is 1.73 bits per heavy atom. The van der Waals surface area contributed by atoms with Crippen molar-refractivity contribution in [2.24, 2.45) is 5.73 Å². The van der Waals surface area contributed by atoms with Gasteiger partial charge in [0.15, 0.2) is 0 Å². The molecule has 22 heavy (non-hydrogen) atoms. The third kappa shape index (κ3) is 4.70. The first-order chi connectivity index (χ1) is 10.5. The fraction of sp³-hybridized carbons (Fsp3) is 0.176. The third-order valence-electron chi connectivity index (χ3n) is 3.20. The van der Waals surface area contributed by atoms with E-state index in [0.717, 1.165) is 16.7 Å². The van der Waals surface area contributed by atoms with Crippen LogP contribution < -0.4 is 11.1 Å². The van der Waals surface area contributed by atoms with E-state index in [1.165, 1.54) is 12.1 Å². The van der Waals surface area contributed by atoms with Gasteiger partial charge in [-0.05, 0) is 28.8 Å². The number of carbonyl (C=O) groups excluding carboxylic acids is 2. The third-order valence-corrected chi connectivity index (χ3v) is 3.20. The lowest BCUT2D eigenvalue weighted by molar-refractivity contribution is -0.125. The van der Waals surface area contributed by atoms with Crippen LogP contribution in [0.25, 0.3) is 11.1 Å². The Morgan fingerprint density at radius 1 is 1.00 bits per heavy atom. The standard InChI is InChI=1S/C17H17FN2O2/c18-15-3-1-2-14(10-15)13-6-4-12(5-7-13)11-20-17(22)9-8-16(19)21/h1-7,10H,8-9,11H2,(H2,19,21)(H,20,22). The zero-order chi connectivity index (χ0) is 15.9. The Kier molecular flexibility index (Phi) is 5.25. The Hall–Kier alpha value is -2.69. The van der Waals surface area contributed by atoms with Crippen LogP contribution in [0.3, 0.4) is 0 Å². The van der Waals surface area contributed by atoms with Crippen molar-refractivity contribution in [1.82, 2.24) is 5.32 Å². The Morgan fingerprint density at radius 3 is 2.36 bits per heavy atom. The van der Waals surface area contributed by atoms with E-state index in [9.17, 15) is 14.0 Å². The van der Waals surface area contributed by atoms with E-state index in [-0.39, 0.29) is 24.6 Å². The van der Waals surface area contributed by atoms with E-state index in [4.69, 9.17) is 5.73 Å². The number of benzene rings is 2. The van der Waals surface area contributed by atoms with Crippen LogP contribution in [-0.4, -0.2) is 11.8 Å². The van der Waals surface area contributed by atoms with Gasteiger partial charge in [0.2, 0.25) is 11.8 Å². The summed E-state index contributed by atoms with van der Waals surface area (Å²) in [6, 6.07) is 13.9. The van der Waals surface area contributed by atoms with E-state index in [0.29, 0.717) is 6.54 Å². The van der Waals surface area contributed by atoms with Crippen LogP contribution in [0.1, 0.15) is 18.4 Å². The maximum atomic E-state index is 13.2. The molecule has 2 rings (SSSR count). The quantitative estimate of drug-likeness (QED) is 0.859. The lowest BCUT2D eigenvalue weighted by atomic mass is 10.0. The van der Waals surface area contributed by atoms with Gasteiger partial charge < -0.3 is 11.1 Å². The average molecular weight is 300 g/mol. The molecule has 0 bridgehead atoms. The maximum absolute atomic E-state index is 13.2. The first kappa shape index (κ1) is 15.7. The van der Waals surface area contributed by atoms with Crippen molar-refractivity contribution in [1.29, 1.82) is 0 Å². The van der Waals surface area contributed by atoms with Crippen LogP contribution in [0.4, 0.5) is 4.39 Å². The molecule has 0 aliphatic carbocycles.